The lowest BCUT2D eigenvalue weighted by Crippen LogP contribution is -2.70. The third-order valence-corrected chi connectivity index (χ3v) is 19.8. The van der Waals surface area contributed by atoms with Crippen LogP contribution in [0, 0.1) is 22.0 Å². The predicted molar refractivity (Wildman–Crippen MR) is 364 cm³/mol. The molecule has 0 radical (unpaired) electrons. The number of ether oxygens (including phenoxy) is 31. The van der Waals surface area contributed by atoms with E-state index in [4.69, 9.17) is 152 Å². The Kier molecular flexibility index (Phi) is 34.1. The molecule has 22 saturated heterocycles. The molecule has 30 atom stereocenters. The first-order valence-corrected chi connectivity index (χ1v) is 35.0. The van der Waals surface area contributed by atoms with Gasteiger partial charge in [-0.25, -0.2) is 0 Å². The Hall–Kier alpha value is -4.69. The van der Waals surface area contributed by atoms with Gasteiger partial charge in [0.15, 0.2) is 43.5 Å². The summed E-state index contributed by atoms with van der Waals surface area (Å²) >= 11 is 0. The molecule has 22 heterocycles. The third-order valence-electron chi connectivity index (χ3n) is 19.8. The maximum Gasteiger partial charge on any atom is 0.312 e. The van der Waals surface area contributed by atoms with Crippen LogP contribution in [0.3, 0.4) is 0 Å². The Bertz CT molecular complexity index is 3030. The van der Waals surface area contributed by atoms with Crippen molar-refractivity contribution in [1.82, 2.24) is 0 Å². The van der Waals surface area contributed by atoms with E-state index in [1.54, 1.807) is 30.3 Å². The third kappa shape index (κ3) is 20.2. The maximum absolute atomic E-state index is 13.1. The number of benzene rings is 2. The Balaban J connectivity index is 1.13. The molecule has 2 aromatic rings. The Labute approximate surface area is 622 Å². The van der Waals surface area contributed by atoms with E-state index >= 15 is 0 Å². The van der Waals surface area contributed by atoms with Gasteiger partial charge in [-0.2, -0.15) is 0 Å². The van der Waals surface area contributed by atoms with Crippen molar-refractivity contribution < 1.29 is 162 Å². The van der Waals surface area contributed by atoms with E-state index in [2.05, 4.69) is 11.8 Å². The van der Waals surface area contributed by atoms with Crippen molar-refractivity contribution in [3.05, 3.63) is 63.7 Å². The number of hydrogen-bond acceptors (Lipinski definition) is 34. The van der Waals surface area contributed by atoms with Crippen LogP contribution in [0.1, 0.15) is 24.0 Å². The topological polar surface area (TPSA) is 367 Å². The van der Waals surface area contributed by atoms with Crippen LogP contribution in [-0.4, -0.2) is 367 Å². The van der Waals surface area contributed by atoms with Gasteiger partial charge < -0.3 is 152 Å². The molecule has 606 valence electrons. The molecule has 22 fully saturated rings. The molecule has 1 N–H and O–H groups in total. The monoisotopic (exact) mass is 1530 g/mol. The number of aliphatic carboxylic acids is 1. The van der Waals surface area contributed by atoms with Crippen molar-refractivity contribution >= 4 is 11.7 Å². The number of carboxylic acid groups (broad SMARTS) is 1. The first kappa shape index (κ1) is 86.3. The fourth-order valence-electron chi connectivity index (χ4n) is 14.8. The molecular weight excluding hydrogens is 1430 g/mol. The zero-order valence-electron chi connectivity index (χ0n) is 63.5. The van der Waals surface area contributed by atoms with Gasteiger partial charge in [0.1, 0.15) is 159 Å². The zero-order valence-corrected chi connectivity index (χ0v) is 63.5. The molecule has 0 amide bonds. The van der Waals surface area contributed by atoms with Gasteiger partial charge in [-0.1, -0.05) is 11.8 Å². The average molecular weight is 1530 g/mol. The fourth-order valence-corrected chi connectivity index (χ4v) is 14.8. The quantitative estimate of drug-likeness (QED) is 0.0486. The van der Waals surface area contributed by atoms with Crippen LogP contribution < -0.4 is 9.47 Å². The normalized spacial score (nSPS) is 38.4. The molecule has 0 unspecified atom stereocenters. The van der Waals surface area contributed by atoms with Gasteiger partial charge in [-0.3, -0.25) is 14.9 Å². The van der Waals surface area contributed by atoms with Crippen LogP contribution >= 0.6 is 0 Å². The van der Waals surface area contributed by atoms with Crippen molar-refractivity contribution in [1.29, 1.82) is 0 Å². The molecule has 22 aliphatic heterocycles. The summed E-state index contributed by atoms with van der Waals surface area (Å²) in [6.07, 6.45) is -33.4. The summed E-state index contributed by atoms with van der Waals surface area (Å²) in [5, 5.41) is 22.1. The van der Waals surface area contributed by atoms with Crippen LogP contribution in [0.25, 0.3) is 0 Å². The summed E-state index contributed by atoms with van der Waals surface area (Å²) in [5.74, 6) is 5.44. The van der Waals surface area contributed by atoms with Crippen molar-refractivity contribution in [3.63, 3.8) is 0 Å². The number of nitrogens with zero attached hydrogens (tertiary/aromatic N) is 1. The van der Waals surface area contributed by atoms with Gasteiger partial charge in [0.25, 0.3) is 0 Å². The number of hydrogen-bond donors (Lipinski definition) is 1. The molecule has 0 saturated carbocycles. The predicted octanol–water partition coefficient (Wildman–Crippen LogP) is 1.70. The largest absolute Gasteiger partial charge is 0.494 e. The number of nitro benzene ring substituents is 1. The number of nitro groups is 1. The molecule has 36 heteroatoms. The molecule has 22 aliphatic rings. The standard InChI is InChI=1S/C71H107NO35/c1-77-30-41-48-54(82-6)60(88-12)66(96-41)103-49-42(31-78-2)98-68(62(90-14)55(49)83-7)105-51-44(33-80-4)100-70(64(92-16)57(51)85-9)107-53-46(35-95-40-27-24-37(29-39(40)72(75)76)21-20-36-22-25-38(26-23-36)94-28-18-19-47(73)74)101-71(65(93-17)59(53)87-11)106-52-45(34-81-5)99-69(63(91-15)58(52)86-10)104-50-43(32-79-3)97-67(102-48)61(89-13)56(50)84-8/h22-27,29,41-46,48-71H,18-19,28,30-35H2,1-17H3,(H,73,74)/t41-,42-,43-,44-,45-,46-,48+,49+,50+,51+,52+,53+,54-,55-,56-,57-,58-,59-,60-,61-,62-,63-,64-,65-,66-,67-,68-,69-,70-,71-/m1/s1. The summed E-state index contributed by atoms with van der Waals surface area (Å²) in [5.41, 5.74) is 0.422. The van der Waals surface area contributed by atoms with Crippen LogP contribution in [0.4, 0.5) is 5.69 Å². The highest BCUT2D eigenvalue weighted by molar-refractivity contribution is 5.66. The maximum atomic E-state index is 13.1. The number of carbonyl (C=O) groups is 1. The minimum atomic E-state index is -1.44. The van der Waals surface area contributed by atoms with Crippen molar-refractivity contribution in [2.75, 3.05) is 167 Å². The molecular formula is C71H107NO35. The minimum absolute atomic E-state index is 0.0300. The second-order valence-corrected chi connectivity index (χ2v) is 25.9. The van der Waals surface area contributed by atoms with E-state index in [1.807, 2.05) is 0 Å². The highest BCUT2D eigenvalue weighted by Crippen LogP contribution is 2.43. The van der Waals surface area contributed by atoms with Crippen molar-refractivity contribution in [2.24, 2.45) is 0 Å². The lowest BCUT2D eigenvalue weighted by Gasteiger charge is -2.53. The highest BCUT2D eigenvalue weighted by Gasteiger charge is 2.61. The molecule has 36 nitrogen and oxygen atoms in total. The SMILES string of the molecule is COC[C@H]1O[C@@H]2O[C@@H]3[C@@H](OC)[C@@H](OC)[C@@H](O[C@@H]4[C@@H](OC)[C@@H](OC)[C@@H](O[C@@H]5[C@@H](OC)[C@@H](OC)[C@@H](O[C@@H]6[C@@H](OC)[C@@H](OC)[C@@H](O[C@@H]7[C@@H](OC)[C@@H](OC)[C@@H](O[C@@H]1[C@@H](OC)[C@H]2OC)O[C@@H]7COC)O[C@@H]6COC)O[C@@H]5COc1ccc(C#Cc2ccc(OCCCC(=O)O)cc2)cc1[N+](=O)[O-])O[C@@H]4COC)O[C@@H]3COC. The van der Waals surface area contributed by atoms with E-state index in [0.29, 0.717) is 17.7 Å². The number of carboxylic acids is 1. The second kappa shape index (κ2) is 42.3. The summed E-state index contributed by atoms with van der Waals surface area (Å²) in [6, 6.07) is 11.1. The van der Waals surface area contributed by atoms with Gasteiger partial charge in [0.05, 0.1) is 44.6 Å². The second-order valence-electron chi connectivity index (χ2n) is 25.9. The number of rotatable bonds is 31. The van der Waals surface area contributed by atoms with Crippen LogP contribution in [0.2, 0.25) is 0 Å². The summed E-state index contributed by atoms with van der Waals surface area (Å²) in [4.78, 5) is 23.4. The summed E-state index contributed by atoms with van der Waals surface area (Å²) < 4.78 is 201. The van der Waals surface area contributed by atoms with E-state index in [0.717, 1.165) is 0 Å². The summed E-state index contributed by atoms with van der Waals surface area (Å²) in [6.45, 7) is -0.719. The molecule has 12 bridgehead atoms. The minimum Gasteiger partial charge on any atom is -0.494 e. The Morgan fingerprint density at radius 1 is 0.364 bits per heavy atom. The molecule has 24 rings (SSSR count). The first-order chi connectivity index (χ1) is 52.0. The number of methoxy groups -OCH3 is 17. The Morgan fingerprint density at radius 3 is 0.879 bits per heavy atom. The van der Waals surface area contributed by atoms with Gasteiger partial charge in [-0.15, -0.1) is 0 Å². The molecule has 107 heavy (non-hydrogen) atoms. The highest BCUT2D eigenvalue weighted by atomic mass is 16.8. The summed E-state index contributed by atoms with van der Waals surface area (Å²) in [7, 11) is 25.0. The van der Waals surface area contributed by atoms with Crippen LogP contribution in [0.5, 0.6) is 11.5 Å². The van der Waals surface area contributed by atoms with Gasteiger partial charge in [-0.05, 0) is 42.8 Å². The van der Waals surface area contributed by atoms with E-state index in [9.17, 15) is 14.9 Å². The van der Waals surface area contributed by atoms with Crippen molar-refractivity contribution in [3.8, 4) is 23.3 Å². The zero-order chi connectivity index (χ0) is 77.0. The first-order valence-electron chi connectivity index (χ1n) is 35.0. The van der Waals surface area contributed by atoms with Crippen LogP contribution in [0.15, 0.2) is 42.5 Å². The smallest absolute Gasteiger partial charge is 0.312 e. The lowest BCUT2D eigenvalue weighted by atomic mass is 9.94. The van der Waals surface area contributed by atoms with E-state index in [1.165, 1.54) is 133 Å². The molecule has 0 spiro atoms. The van der Waals surface area contributed by atoms with Gasteiger partial charge in [0.2, 0.25) is 0 Å². The van der Waals surface area contributed by atoms with Gasteiger partial charge >= 0.3 is 11.7 Å². The van der Waals surface area contributed by atoms with Crippen LogP contribution in [-0.2, 0) is 142 Å². The van der Waals surface area contributed by atoms with E-state index < -0.39 is 207 Å². The molecule has 2 aromatic carbocycles. The van der Waals surface area contributed by atoms with Gasteiger partial charge in [0, 0.05) is 144 Å². The van der Waals surface area contributed by atoms with Crippen molar-refractivity contribution in [2.45, 2.75) is 197 Å². The molecule has 0 aliphatic carbocycles. The Morgan fingerprint density at radius 2 is 0.626 bits per heavy atom. The average Bonchev–Trinajstić information content (AvgIpc) is 0.763. The lowest BCUT2D eigenvalue weighted by molar-refractivity contribution is -0.409. The van der Waals surface area contributed by atoms with E-state index in [-0.39, 0.29) is 57.4 Å². The fraction of sp³-hybridized carbons (Fsp3) is 0.789. The molecule has 0 aromatic heterocycles.